The van der Waals surface area contributed by atoms with E-state index in [0.29, 0.717) is 24.3 Å². The van der Waals surface area contributed by atoms with Gasteiger partial charge in [0, 0.05) is 18.9 Å². The van der Waals surface area contributed by atoms with Gasteiger partial charge in [-0.3, -0.25) is 14.8 Å². The number of hydrogen-bond donors (Lipinski definition) is 3. The predicted octanol–water partition coefficient (Wildman–Crippen LogP) is 2.28. The minimum atomic E-state index is -0.336. The summed E-state index contributed by atoms with van der Waals surface area (Å²) in [6, 6.07) is 0.427. The van der Waals surface area contributed by atoms with E-state index in [4.69, 9.17) is 5.21 Å². The molecule has 2 rings (SSSR count). The molecule has 0 unspecified atom stereocenters. The van der Waals surface area contributed by atoms with Crippen molar-refractivity contribution >= 4 is 11.8 Å². The van der Waals surface area contributed by atoms with E-state index in [1.54, 1.807) is 5.48 Å². The van der Waals surface area contributed by atoms with Crippen LogP contribution >= 0.6 is 0 Å². The molecule has 2 amide bonds. The van der Waals surface area contributed by atoms with Crippen LogP contribution in [-0.4, -0.2) is 23.1 Å². The molecule has 20 heavy (non-hydrogen) atoms. The average Bonchev–Trinajstić information content (AvgIpc) is 2.34. The Kier molecular flexibility index (Phi) is 5.40. The normalized spacial score (nSPS) is 20.1. The smallest absolute Gasteiger partial charge is 0.243 e. The molecule has 0 aromatic heterocycles. The lowest BCUT2D eigenvalue weighted by Gasteiger charge is -2.54. The van der Waals surface area contributed by atoms with E-state index < -0.39 is 0 Å². The van der Waals surface area contributed by atoms with E-state index in [9.17, 15) is 9.59 Å². The molecule has 0 aromatic rings. The van der Waals surface area contributed by atoms with Crippen LogP contribution in [0.4, 0.5) is 0 Å². The van der Waals surface area contributed by atoms with Gasteiger partial charge in [-0.05, 0) is 43.9 Å². The number of rotatable bonds is 8. The summed E-state index contributed by atoms with van der Waals surface area (Å²) in [6.45, 7) is 0. The number of hydroxylamine groups is 1. The van der Waals surface area contributed by atoms with Crippen LogP contribution in [0.25, 0.3) is 0 Å². The van der Waals surface area contributed by atoms with Crippen LogP contribution in [0.3, 0.4) is 0 Å². The van der Waals surface area contributed by atoms with E-state index in [2.05, 4.69) is 5.32 Å². The van der Waals surface area contributed by atoms with Crippen molar-refractivity contribution in [2.24, 2.45) is 5.41 Å². The van der Waals surface area contributed by atoms with Crippen LogP contribution in [-0.2, 0) is 9.59 Å². The van der Waals surface area contributed by atoms with Crippen LogP contribution in [0.15, 0.2) is 0 Å². The van der Waals surface area contributed by atoms with Gasteiger partial charge in [0.15, 0.2) is 0 Å². The molecule has 0 aromatic carbocycles. The number of nitrogens with one attached hydrogen (secondary N) is 2. The topological polar surface area (TPSA) is 78.4 Å². The average molecular weight is 282 g/mol. The van der Waals surface area contributed by atoms with E-state index in [0.717, 1.165) is 25.7 Å². The van der Waals surface area contributed by atoms with Crippen molar-refractivity contribution in [3.05, 3.63) is 0 Å². The number of amides is 2. The van der Waals surface area contributed by atoms with Crippen molar-refractivity contribution in [3.63, 3.8) is 0 Å². The largest absolute Gasteiger partial charge is 0.353 e. The zero-order valence-electron chi connectivity index (χ0n) is 12.1. The molecule has 5 heteroatoms. The summed E-state index contributed by atoms with van der Waals surface area (Å²) in [5, 5.41) is 11.5. The molecule has 0 bridgehead atoms. The van der Waals surface area contributed by atoms with Crippen LogP contribution in [0.1, 0.15) is 70.6 Å². The van der Waals surface area contributed by atoms with Crippen molar-refractivity contribution in [1.29, 1.82) is 0 Å². The van der Waals surface area contributed by atoms with Crippen molar-refractivity contribution in [2.75, 3.05) is 0 Å². The fraction of sp³-hybridized carbons (Fsp3) is 0.867. The van der Waals surface area contributed by atoms with Gasteiger partial charge in [0.1, 0.15) is 0 Å². The number of hydrogen-bond acceptors (Lipinski definition) is 3. The maximum atomic E-state index is 11.7. The maximum absolute atomic E-state index is 11.7. The number of carbonyl (C=O) groups is 2. The lowest BCUT2D eigenvalue weighted by Crippen LogP contribution is -2.53. The summed E-state index contributed by atoms with van der Waals surface area (Å²) in [6.07, 6.45) is 10.9. The minimum absolute atomic E-state index is 0.178. The van der Waals surface area contributed by atoms with Crippen LogP contribution in [0.5, 0.6) is 0 Å². The second-order valence-corrected chi connectivity index (χ2v) is 6.48. The standard InChI is InChI=1S/C15H26N2O3/c18-13(6-3-1-2-4-7-14(19)17-20)16-12-10-15(11-12)8-5-9-15/h12,20H,1-11H2,(H,16,18)(H,17,19). The second-order valence-electron chi connectivity index (χ2n) is 6.48. The first kappa shape index (κ1) is 15.3. The summed E-state index contributed by atoms with van der Waals surface area (Å²) in [5.74, 6) is -0.157. The Morgan fingerprint density at radius 3 is 2.10 bits per heavy atom. The first-order valence-electron chi connectivity index (χ1n) is 7.86. The van der Waals surface area contributed by atoms with Crippen LogP contribution in [0.2, 0.25) is 0 Å². The molecule has 2 aliphatic carbocycles. The molecule has 2 saturated carbocycles. The number of unbranched alkanes of at least 4 members (excludes halogenated alkanes) is 3. The number of carbonyl (C=O) groups excluding carboxylic acids is 2. The Morgan fingerprint density at radius 1 is 1.00 bits per heavy atom. The second kappa shape index (κ2) is 7.07. The summed E-state index contributed by atoms with van der Waals surface area (Å²) >= 11 is 0. The van der Waals surface area contributed by atoms with E-state index in [-0.39, 0.29) is 11.8 Å². The molecule has 3 N–H and O–H groups in total. The molecule has 5 nitrogen and oxygen atoms in total. The van der Waals surface area contributed by atoms with Gasteiger partial charge in [-0.25, -0.2) is 5.48 Å². The molecule has 0 atom stereocenters. The van der Waals surface area contributed by atoms with Gasteiger partial charge in [0.25, 0.3) is 0 Å². The Bertz CT molecular complexity index is 345. The highest BCUT2D eigenvalue weighted by Crippen LogP contribution is 2.55. The fourth-order valence-corrected chi connectivity index (χ4v) is 3.45. The van der Waals surface area contributed by atoms with E-state index in [1.165, 1.54) is 32.1 Å². The Balaban J connectivity index is 1.42. The Labute approximate surface area is 120 Å². The summed E-state index contributed by atoms with van der Waals surface area (Å²) in [7, 11) is 0. The molecule has 0 aliphatic heterocycles. The molecular formula is C15H26N2O3. The Morgan fingerprint density at radius 2 is 1.60 bits per heavy atom. The fourth-order valence-electron chi connectivity index (χ4n) is 3.45. The van der Waals surface area contributed by atoms with Crippen LogP contribution < -0.4 is 10.8 Å². The third-order valence-corrected chi connectivity index (χ3v) is 4.82. The first-order valence-corrected chi connectivity index (χ1v) is 7.86. The van der Waals surface area contributed by atoms with Crippen molar-refractivity contribution < 1.29 is 14.8 Å². The highest BCUT2D eigenvalue weighted by Gasteiger charge is 2.48. The van der Waals surface area contributed by atoms with E-state index >= 15 is 0 Å². The van der Waals surface area contributed by atoms with Gasteiger partial charge in [-0.2, -0.15) is 0 Å². The SMILES string of the molecule is O=C(CCCCCCC(=O)NC1CC2(CCC2)C1)NO. The predicted molar refractivity (Wildman–Crippen MR) is 75.1 cm³/mol. The molecule has 0 heterocycles. The summed E-state index contributed by atoms with van der Waals surface area (Å²) in [4.78, 5) is 22.5. The summed E-state index contributed by atoms with van der Waals surface area (Å²) in [5.41, 5.74) is 2.24. The van der Waals surface area contributed by atoms with Crippen LogP contribution in [0, 0.1) is 5.41 Å². The molecule has 0 saturated heterocycles. The van der Waals surface area contributed by atoms with Gasteiger partial charge in [-0.15, -0.1) is 0 Å². The van der Waals surface area contributed by atoms with Crippen molar-refractivity contribution in [2.45, 2.75) is 76.7 Å². The van der Waals surface area contributed by atoms with Gasteiger partial charge >= 0.3 is 0 Å². The monoisotopic (exact) mass is 282 g/mol. The lowest BCUT2D eigenvalue weighted by molar-refractivity contribution is -0.129. The maximum Gasteiger partial charge on any atom is 0.243 e. The molecule has 2 fully saturated rings. The highest BCUT2D eigenvalue weighted by molar-refractivity contribution is 5.76. The van der Waals surface area contributed by atoms with E-state index in [1.807, 2.05) is 0 Å². The van der Waals surface area contributed by atoms with Crippen molar-refractivity contribution in [1.82, 2.24) is 10.8 Å². The van der Waals surface area contributed by atoms with Gasteiger partial charge in [0.2, 0.25) is 11.8 Å². The quantitative estimate of drug-likeness (QED) is 0.363. The molecular weight excluding hydrogens is 256 g/mol. The van der Waals surface area contributed by atoms with Crippen molar-refractivity contribution in [3.8, 4) is 0 Å². The third kappa shape index (κ3) is 4.20. The molecule has 2 aliphatic rings. The first-order chi connectivity index (χ1) is 9.63. The lowest BCUT2D eigenvalue weighted by atomic mass is 9.54. The summed E-state index contributed by atoms with van der Waals surface area (Å²) < 4.78 is 0. The van der Waals surface area contributed by atoms with Gasteiger partial charge in [-0.1, -0.05) is 19.3 Å². The third-order valence-electron chi connectivity index (χ3n) is 4.82. The highest BCUT2D eigenvalue weighted by atomic mass is 16.5. The zero-order valence-corrected chi connectivity index (χ0v) is 12.1. The molecule has 0 radical (unpaired) electrons. The molecule has 1 spiro atoms. The van der Waals surface area contributed by atoms with Gasteiger partial charge in [0.05, 0.1) is 0 Å². The molecule has 114 valence electrons. The minimum Gasteiger partial charge on any atom is -0.353 e. The zero-order chi connectivity index (χ0) is 14.4. The Hall–Kier alpha value is -1.10. The van der Waals surface area contributed by atoms with Gasteiger partial charge < -0.3 is 5.32 Å².